The second kappa shape index (κ2) is 12.5. The number of nitrogens with one attached hydrogen (secondary N) is 4. The average Bonchev–Trinajstić information content (AvgIpc) is 3.53. The molecule has 2 fully saturated rings. The second-order valence-electron chi connectivity index (χ2n) is 10.6. The lowest BCUT2D eigenvalue weighted by Crippen LogP contribution is -2.49. The van der Waals surface area contributed by atoms with Crippen LogP contribution in [0.5, 0.6) is 0 Å². The fourth-order valence-corrected chi connectivity index (χ4v) is 5.75. The molecule has 1 saturated heterocycles. The van der Waals surface area contributed by atoms with Crippen molar-refractivity contribution in [2.24, 2.45) is 16.9 Å². The summed E-state index contributed by atoms with van der Waals surface area (Å²) in [5.74, 6) is 1.00. The Bertz CT molecular complexity index is 1180. The van der Waals surface area contributed by atoms with Gasteiger partial charge in [0.2, 0.25) is 5.96 Å². The summed E-state index contributed by atoms with van der Waals surface area (Å²) in [5.41, 5.74) is 9.74. The predicted octanol–water partition coefficient (Wildman–Crippen LogP) is 4.49. The monoisotopic (exact) mass is 537 g/mol. The van der Waals surface area contributed by atoms with Crippen LogP contribution in [0.2, 0.25) is 0 Å². The molecule has 2 heterocycles. The number of hydrogen-bond acceptors (Lipinski definition) is 6. The SMILES string of the molecule is CC.CC(C)C1CCC2(CC1)CN(Cc1cccc(F)c1)C(=O)N2Cc1ccc(C(=O)NC2=NNNN2)cc1. The predicted molar refractivity (Wildman–Crippen MR) is 149 cm³/mol. The van der Waals surface area contributed by atoms with E-state index in [-0.39, 0.29) is 29.3 Å². The van der Waals surface area contributed by atoms with E-state index in [0.717, 1.165) is 36.8 Å². The van der Waals surface area contributed by atoms with Crippen molar-refractivity contribution in [3.8, 4) is 0 Å². The van der Waals surface area contributed by atoms with E-state index in [0.29, 0.717) is 37.0 Å². The van der Waals surface area contributed by atoms with E-state index >= 15 is 0 Å². The van der Waals surface area contributed by atoms with Gasteiger partial charge in [-0.15, -0.1) is 10.6 Å². The standard InChI is InChI=1S/C27H34FN7O2.C2H6/c1-18(2)21-10-12-27(13-11-21)17-34(15-20-4-3-5-23(28)14-20)26(37)35(27)16-19-6-8-22(9-7-19)24(36)29-25-30-32-33-31-25;1-2/h3-9,14,18,21,32-33H,10-13,15-17H2,1-2H3,(H2,29,30,31,36);1-2H3. The van der Waals surface area contributed by atoms with Gasteiger partial charge < -0.3 is 9.80 Å². The molecule has 3 amide bonds. The lowest BCUT2D eigenvalue weighted by Gasteiger charge is -2.43. The van der Waals surface area contributed by atoms with Crippen LogP contribution in [0.25, 0.3) is 0 Å². The van der Waals surface area contributed by atoms with Crippen molar-refractivity contribution in [2.75, 3.05) is 6.54 Å². The first-order valence-corrected chi connectivity index (χ1v) is 13.9. The number of hydrazone groups is 1. The van der Waals surface area contributed by atoms with Crippen LogP contribution in [-0.2, 0) is 13.1 Å². The van der Waals surface area contributed by atoms with Gasteiger partial charge in [0.25, 0.3) is 5.91 Å². The van der Waals surface area contributed by atoms with E-state index in [4.69, 9.17) is 0 Å². The summed E-state index contributed by atoms with van der Waals surface area (Å²) >= 11 is 0. The minimum atomic E-state index is -0.291. The topological polar surface area (TPSA) is 101 Å². The summed E-state index contributed by atoms with van der Waals surface area (Å²) in [4.78, 5) is 30.1. The molecule has 0 unspecified atom stereocenters. The first kappa shape index (κ1) is 28.4. The molecule has 2 aliphatic heterocycles. The molecular weight excluding hydrogens is 497 g/mol. The molecule has 210 valence electrons. The molecule has 0 aromatic heterocycles. The molecular formula is C29H40FN7O2. The van der Waals surface area contributed by atoms with Crippen molar-refractivity contribution >= 4 is 17.9 Å². The zero-order valence-electron chi connectivity index (χ0n) is 23.3. The van der Waals surface area contributed by atoms with Gasteiger partial charge in [-0.05, 0) is 72.9 Å². The van der Waals surface area contributed by atoms with Crippen LogP contribution in [-0.4, -0.2) is 39.8 Å². The molecule has 1 saturated carbocycles. The van der Waals surface area contributed by atoms with Crippen molar-refractivity contribution in [3.05, 3.63) is 71.0 Å². The lowest BCUT2D eigenvalue weighted by molar-refractivity contribution is 0.0832. The van der Waals surface area contributed by atoms with E-state index in [9.17, 15) is 14.0 Å². The highest BCUT2D eigenvalue weighted by Gasteiger charge is 2.50. The number of carbonyl (C=O) groups excluding carboxylic acids is 2. The molecule has 5 rings (SSSR count). The van der Waals surface area contributed by atoms with E-state index in [1.54, 1.807) is 18.2 Å². The molecule has 1 spiro atoms. The van der Waals surface area contributed by atoms with Crippen LogP contribution in [0.15, 0.2) is 53.6 Å². The van der Waals surface area contributed by atoms with Crippen molar-refractivity contribution in [3.63, 3.8) is 0 Å². The Balaban J connectivity index is 0.00000172. The number of halogens is 1. The summed E-state index contributed by atoms with van der Waals surface area (Å²) in [6, 6.07) is 13.8. The zero-order valence-corrected chi connectivity index (χ0v) is 23.3. The molecule has 0 bridgehead atoms. The molecule has 2 aromatic rings. The van der Waals surface area contributed by atoms with Crippen molar-refractivity contribution in [1.82, 2.24) is 31.6 Å². The normalized spacial score (nSPS) is 22.3. The van der Waals surface area contributed by atoms with Gasteiger partial charge in [0.1, 0.15) is 5.82 Å². The highest BCUT2D eigenvalue weighted by molar-refractivity contribution is 6.05. The fourth-order valence-electron chi connectivity index (χ4n) is 5.75. The number of amides is 3. The Labute approximate surface area is 230 Å². The fraction of sp³-hybridized carbons (Fsp3) is 0.483. The second-order valence-corrected chi connectivity index (χ2v) is 10.6. The van der Waals surface area contributed by atoms with E-state index in [1.807, 2.05) is 41.8 Å². The Morgan fingerprint density at radius 1 is 1.10 bits per heavy atom. The van der Waals surface area contributed by atoms with Crippen LogP contribution in [0.3, 0.4) is 0 Å². The number of hydrazine groups is 2. The zero-order chi connectivity index (χ0) is 28.0. The Kier molecular flexibility index (Phi) is 9.06. The Morgan fingerprint density at radius 2 is 1.82 bits per heavy atom. The van der Waals surface area contributed by atoms with Gasteiger partial charge in [-0.1, -0.05) is 52.0 Å². The van der Waals surface area contributed by atoms with Crippen LogP contribution < -0.4 is 21.8 Å². The van der Waals surface area contributed by atoms with Crippen molar-refractivity contribution in [1.29, 1.82) is 0 Å². The number of benzene rings is 2. The molecule has 10 heteroatoms. The average molecular weight is 538 g/mol. The number of urea groups is 1. The highest BCUT2D eigenvalue weighted by Crippen LogP contribution is 2.44. The number of guanidine groups is 1. The van der Waals surface area contributed by atoms with Gasteiger partial charge in [0.15, 0.2) is 0 Å². The van der Waals surface area contributed by atoms with E-state index in [2.05, 4.69) is 40.8 Å². The highest BCUT2D eigenvalue weighted by atomic mass is 19.1. The maximum atomic E-state index is 13.8. The van der Waals surface area contributed by atoms with Gasteiger partial charge >= 0.3 is 6.03 Å². The molecule has 9 nitrogen and oxygen atoms in total. The van der Waals surface area contributed by atoms with E-state index < -0.39 is 0 Å². The van der Waals surface area contributed by atoms with Crippen LogP contribution in [0.4, 0.5) is 9.18 Å². The lowest BCUT2D eigenvalue weighted by atomic mass is 9.72. The van der Waals surface area contributed by atoms with Gasteiger partial charge in [-0.2, -0.15) is 0 Å². The van der Waals surface area contributed by atoms with Gasteiger partial charge in [-0.25, -0.2) is 14.7 Å². The first-order chi connectivity index (χ1) is 18.8. The number of rotatable bonds is 6. The summed E-state index contributed by atoms with van der Waals surface area (Å²) < 4.78 is 13.8. The van der Waals surface area contributed by atoms with Gasteiger partial charge in [0.05, 0.1) is 5.54 Å². The largest absolute Gasteiger partial charge is 0.321 e. The Hall–Kier alpha value is -3.66. The molecule has 39 heavy (non-hydrogen) atoms. The number of hydrogen-bond donors (Lipinski definition) is 4. The first-order valence-electron chi connectivity index (χ1n) is 13.9. The number of carbonyl (C=O) groups is 2. The third-order valence-corrected chi connectivity index (χ3v) is 7.92. The third kappa shape index (κ3) is 6.50. The smallest absolute Gasteiger partial charge is 0.318 e. The minimum absolute atomic E-state index is 0.0144. The summed E-state index contributed by atoms with van der Waals surface area (Å²) in [6.07, 6.45) is 4.10. The van der Waals surface area contributed by atoms with Crippen molar-refractivity contribution in [2.45, 2.75) is 72.0 Å². The van der Waals surface area contributed by atoms with Crippen LogP contribution >= 0.6 is 0 Å². The van der Waals surface area contributed by atoms with Gasteiger partial charge in [0, 0.05) is 25.2 Å². The van der Waals surface area contributed by atoms with Gasteiger partial charge in [-0.3, -0.25) is 15.5 Å². The molecule has 1 aliphatic carbocycles. The molecule has 0 radical (unpaired) electrons. The van der Waals surface area contributed by atoms with E-state index in [1.165, 1.54) is 12.1 Å². The minimum Gasteiger partial charge on any atom is -0.318 e. The molecule has 0 atom stereocenters. The van der Waals surface area contributed by atoms with Crippen LogP contribution in [0, 0.1) is 17.7 Å². The molecule has 2 aromatic carbocycles. The third-order valence-electron chi connectivity index (χ3n) is 7.92. The Morgan fingerprint density at radius 3 is 2.44 bits per heavy atom. The summed E-state index contributed by atoms with van der Waals surface area (Å²) in [6.45, 7) is 10.1. The maximum absolute atomic E-state index is 13.8. The summed E-state index contributed by atoms with van der Waals surface area (Å²) in [5, 5.41) is 6.51. The quantitative estimate of drug-likeness (QED) is 0.435. The van der Waals surface area contributed by atoms with Crippen LogP contribution in [0.1, 0.15) is 74.9 Å². The van der Waals surface area contributed by atoms with Crippen molar-refractivity contribution < 1.29 is 14.0 Å². The maximum Gasteiger partial charge on any atom is 0.321 e. The molecule has 3 aliphatic rings. The summed E-state index contributed by atoms with van der Waals surface area (Å²) in [7, 11) is 0. The molecule has 4 N–H and O–H groups in total. The number of nitrogens with zero attached hydrogens (tertiary/aromatic N) is 3.